The first-order chi connectivity index (χ1) is 11.7. The van der Waals surface area contributed by atoms with Crippen molar-refractivity contribution in [3.63, 3.8) is 0 Å². The molecule has 3 aromatic rings. The van der Waals surface area contributed by atoms with E-state index in [1.807, 2.05) is 31.8 Å². The second-order valence-corrected chi connectivity index (χ2v) is 6.42. The Morgan fingerprint density at radius 2 is 2.00 bits per heavy atom. The molecule has 2 atom stereocenters. The van der Waals surface area contributed by atoms with E-state index in [9.17, 15) is 0 Å². The van der Waals surface area contributed by atoms with Crippen molar-refractivity contribution in [1.29, 1.82) is 0 Å². The fourth-order valence-corrected chi connectivity index (χ4v) is 3.30. The topological polar surface area (TPSA) is 94.5 Å². The second-order valence-electron chi connectivity index (χ2n) is 6.42. The van der Waals surface area contributed by atoms with E-state index in [2.05, 4.69) is 20.4 Å². The molecule has 7 nitrogen and oxygen atoms in total. The van der Waals surface area contributed by atoms with Gasteiger partial charge in [0, 0.05) is 60.4 Å². The van der Waals surface area contributed by atoms with Crippen LogP contribution in [0, 0.1) is 0 Å². The monoisotopic (exact) mass is 359 g/mol. The maximum atomic E-state index is 6.22. The highest BCUT2D eigenvalue weighted by atomic mass is 35.5. The first-order valence-electron chi connectivity index (χ1n) is 8.32. The fraction of sp³-hybridized carbons (Fsp3) is 0.412. The first-order valence-corrected chi connectivity index (χ1v) is 8.32. The number of aryl methyl sites for hydroxylation is 1. The van der Waals surface area contributed by atoms with Crippen molar-refractivity contribution in [1.82, 2.24) is 24.7 Å². The Morgan fingerprint density at radius 3 is 2.76 bits per heavy atom. The lowest BCUT2D eigenvalue weighted by Gasteiger charge is -2.29. The summed E-state index contributed by atoms with van der Waals surface area (Å²) in [4.78, 5) is 13.5. The maximum absolute atomic E-state index is 6.22. The van der Waals surface area contributed by atoms with Crippen LogP contribution in [0.4, 0.5) is 5.95 Å². The van der Waals surface area contributed by atoms with Crippen molar-refractivity contribution in [3.05, 3.63) is 31.0 Å². The number of hydrogen-bond donors (Lipinski definition) is 2. The number of halogens is 1. The molecule has 0 unspecified atom stereocenters. The van der Waals surface area contributed by atoms with E-state index in [4.69, 9.17) is 10.7 Å². The smallest absolute Gasteiger partial charge is 0.223 e. The summed E-state index contributed by atoms with van der Waals surface area (Å²) < 4.78 is 1.77. The van der Waals surface area contributed by atoms with Gasteiger partial charge in [-0.05, 0) is 12.8 Å². The molecule has 1 aliphatic carbocycles. The summed E-state index contributed by atoms with van der Waals surface area (Å²) in [5.41, 5.74) is 9.05. The highest BCUT2D eigenvalue weighted by Crippen LogP contribution is 2.27. The van der Waals surface area contributed by atoms with Crippen LogP contribution < -0.4 is 11.1 Å². The molecule has 4 rings (SSSR count). The predicted molar refractivity (Wildman–Crippen MR) is 101 cm³/mol. The summed E-state index contributed by atoms with van der Waals surface area (Å²) >= 11 is 0. The normalized spacial score (nSPS) is 20.2. The number of pyridine rings is 1. The predicted octanol–water partition coefficient (Wildman–Crippen LogP) is 2.53. The molecule has 1 aliphatic rings. The van der Waals surface area contributed by atoms with Gasteiger partial charge < -0.3 is 11.1 Å². The van der Waals surface area contributed by atoms with Crippen molar-refractivity contribution in [3.8, 4) is 11.1 Å². The molecule has 0 aromatic carbocycles. The average molecular weight is 360 g/mol. The highest BCUT2D eigenvalue weighted by Gasteiger charge is 2.22. The number of aromatic nitrogens is 5. The third-order valence-electron chi connectivity index (χ3n) is 4.64. The summed E-state index contributed by atoms with van der Waals surface area (Å²) in [6, 6.07) is 0.396. The van der Waals surface area contributed by atoms with Gasteiger partial charge in [-0.2, -0.15) is 5.10 Å². The zero-order chi connectivity index (χ0) is 16.5. The van der Waals surface area contributed by atoms with Gasteiger partial charge in [-0.1, -0.05) is 12.8 Å². The third-order valence-corrected chi connectivity index (χ3v) is 4.64. The molecular weight excluding hydrogens is 338 g/mol. The quantitative estimate of drug-likeness (QED) is 0.746. The molecule has 8 heteroatoms. The van der Waals surface area contributed by atoms with E-state index in [1.54, 1.807) is 10.9 Å². The summed E-state index contributed by atoms with van der Waals surface area (Å²) in [7, 11) is 1.90. The number of fused-ring (bicyclic) bond motifs is 1. The lowest BCUT2D eigenvalue weighted by molar-refractivity contribution is 0.402. The zero-order valence-corrected chi connectivity index (χ0v) is 14.9. The van der Waals surface area contributed by atoms with Gasteiger partial charge in [0.2, 0.25) is 5.95 Å². The van der Waals surface area contributed by atoms with E-state index in [1.165, 1.54) is 12.8 Å². The lowest BCUT2D eigenvalue weighted by atomic mass is 9.91. The zero-order valence-electron chi connectivity index (χ0n) is 14.1. The fourth-order valence-electron chi connectivity index (χ4n) is 3.30. The van der Waals surface area contributed by atoms with Crippen molar-refractivity contribution >= 4 is 29.3 Å². The molecule has 0 spiro atoms. The van der Waals surface area contributed by atoms with E-state index < -0.39 is 0 Å². The van der Waals surface area contributed by atoms with Crippen LogP contribution in [0.25, 0.3) is 22.0 Å². The minimum atomic E-state index is 0. The molecule has 0 amide bonds. The van der Waals surface area contributed by atoms with Gasteiger partial charge in [0.1, 0.15) is 0 Å². The Hall–Kier alpha value is -2.25. The Morgan fingerprint density at radius 1 is 1.16 bits per heavy atom. The summed E-state index contributed by atoms with van der Waals surface area (Å²) in [6.45, 7) is 0. The van der Waals surface area contributed by atoms with Crippen LogP contribution in [0.5, 0.6) is 0 Å². The number of nitrogens with one attached hydrogen (secondary N) is 1. The van der Waals surface area contributed by atoms with Crippen LogP contribution in [0.2, 0.25) is 0 Å². The number of hydrogen-bond acceptors (Lipinski definition) is 6. The van der Waals surface area contributed by atoms with Gasteiger partial charge >= 0.3 is 0 Å². The van der Waals surface area contributed by atoms with Gasteiger partial charge in [-0.3, -0.25) is 9.67 Å². The number of anilines is 1. The molecule has 0 aliphatic heterocycles. The molecule has 25 heavy (non-hydrogen) atoms. The van der Waals surface area contributed by atoms with Gasteiger partial charge in [-0.25, -0.2) is 9.97 Å². The van der Waals surface area contributed by atoms with Crippen LogP contribution in [0.1, 0.15) is 25.7 Å². The molecule has 132 valence electrons. The number of nitrogens with two attached hydrogens (primary N) is 1. The molecule has 1 fully saturated rings. The SMILES string of the molecule is Cl.Cn1cc(-c2cncc3cnc(N[C@H]4CCCC[C@H]4N)nc23)cn1. The summed E-state index contributed by atoms with van der Waals surface area (Å²) in [6.07, 6.45) is 13.7. The average Bonchev–Trinajstić information content (AvgIpc) is 3.03. The Balaban J connectivity index is 0.00000182. The van der Waals surface area contributed by atoms with Crippen molar-refractivity contribution in [2.75, 3.05) is 5.32 Å². The van der Waals surface area contributed by atoms with Gasteiger partial charge in [0.05, 0.1) is 11.7 Å². The van der Waals surface area contributed by atoms with Crippen molar-refractivity contribution in [2.24, 2.45) is 12.8 Å². The molecule has 0 bridgehead atoms. The Kier molecular flexibility index (Phi) is 5.15. The maximum Gasteiger partial charge on any atom is 0.223 e. The van der Waals surface area contributed by atoms with Crippen LogP contribution >= 0.6 is 12.4 Å². The molecule has 3 aromatic heterocycles. The summed E-state index contributed by atoms with van der Waals surface area (Å²) in [5, 5.41) is 8.57. The number of rotatable bonds is 3. The van der Waals surface area contributed by atoms with E-state index in [0.717, 1.165) is 34.9 Å². The summed E-state index contributed by atoms with van der Waals surface area (Å²) in [5.74, 6) is 0.626. The van der Waals surface area contributed by atoms with E-state index in [-0.39, 0.29) is 24.5 Å². The Labute approximate surface area is 152 Å². The first kappa shape index (κ1) is 17.6. The molecule has 3 heterocycles. The largest absolute Gasteiger partial charge is 0.350 e. The van der Waals surface area contributed by atoms with Crippen molar-refractivity contribution < 1.29 is 0 Å². The van der Waals surface area contributed by atoms with Gasteiger partial charge in [0.25, 0.3) is 0 Å². The highest BCUT2D eigenvalue weighted by molar-refractivity contribution is 5.92. The third kappa shape index (κ3) is 3.57. The molecule has 3 N–H and O–H groups in total. The lowest BCUT2D eigenvalue weighted by Crippen LogP contribution is -2.42. The van der Waals surface area contributed by atoms with Crippen LogP contribution in [-0.4, -0.2) is 36.8 Å². The standard InChI is InChI=1S/C17H21N7.ClH/c1-24-10-12(8-21-24)13-9-19-6-11-7-20-17(23-16(11)13)22-15-5-3-2-4-14(15)18;/h6-10,14-15H,2-5,18H2,1H3,(H,20,22,23);1H/t14-,15+;/m1./s1. The van der Waals surface area contributed by atoms with Crippen molar-refractivity contribution in [2.45, 2.75) is 37.8 Å². The molecule has 1 saturated carbocycles. The van der Waals surface area contributed by atoms with E-state index >= 15 is 0 Å². The Bertz CT molecular complexity index is 863. The number of nitrogens with zero attached hydrogens (tertiary/aromatic N) is 5. The van der Waals surface area contributed by atoms with E-state index in [0.29, 0.717) is 5.95 Å². The van der Waals surface area contributed by atoms with Crippen LogP contribution in [-0.2, 0) is 7.05 Å². The minimum absolute atomic E-state index is 0. The van der Waals surface area contributed by atoms with Gasteiger partial charge in [0.15, 0.2) is 0 Å². The second kappa shape index (κ2) is 7.33. The van der Waals surface area contributed by atoms with Gasteiger partial charge in [-0.15, -0.1) is 12.4 Å². The van der Waals surface area contributed by atoms with Crippen LogP contribution in [0.3, 0.4) is 0 Å². The molecular formula is C17H22ClN7. The van der Waals surface area contributed by atoms with Crippen LogP contribution in [0.15, 0.2) is 31.0 Å². The minimum Gasteiger partial charge on any atom is -0.350 e. The molecule has 0 radical (unpaired) electrons. The molecule has 0 saturated heterocycles.